The lowest BCUT2D eigenvalue weighted by molar-refractivity contribution is 0.0491. The van der Waals surface area contributed by atoms with Gasteiger partial charge < -0.3 is 0 Å². The first-order chi connectivity index (χ1) is 7.67. The topological polar surface area (TPSA) is 30.3 Å². The van der Waals surface area contributed by atoms with Gasteiger partial charge in [0.15, 0.2) is 0 Å². The maximum Gasteiger partial charge on any atom is 0.251 e. The van der Waals surface area contributed by atoms with Gasteiger partial charge in [-0.2, -0.15) is 5.26 Å². The fourth-order valence-electron chi connectivity index (χ4n) is 2.05. The Morgan fingerprint density at radius 2 is 1.88 bits per heavy atom. The number of rotatable bonds is 5. The summed E-state index contributed by atoms with van der Waals surface area (Å²) >= 11 is 0. The maximum absolute atomic E-state index is 12.2. The highest BCUT2D eigenvalue weighted by Crippen LogP contribution is 2.11. The van der Waals surface area contributed by atoms with Crippen molar-refractivity contribution in [1.82, 2.24) is 9.80 Å². The van der Waals surface area contributed by atoms with Crippen LogP contribution in [0.4, 0.5) is 8.78 Å². The van der Waals surface area contributed by atoms with Gasteiger partial charge in [-0.1, -0.05) is 13.3 Å². The minimum Gasteiger partial charge on any atom is -0.295 e. The molecule has 0 aromatic rings. The van der Waals surface area contributed by atoms with Gasteiger partial charge in [0.05, 0.1) is 18.7 Å². The van der Waals surface area contributed by atoms with Crippen LogP contribution < -0.4 is 0 Å². The molecule has 0 amide bonds. The van der Waals surface area contributed by atoms with Gasteiger partial charge in [-0.3, -0.25) is 9.80 Å². The van der Waals surface area contributed by atoms with E-state index >= 15 is 0 Å². The first-order valence-electron chi connectivity index (χ1n) is 5.81. The largest absolute Gasteiger partial charge is 0.295 e. The van der Waals surface area contributed by atoms with Crippen LogP contribution >= 0.6 is 0 Å². The van der Waals surface area contributed by atoms with Crippen LogP contribution in [0.3, 0.4) is 0 Å². The van der Waals surface area contributed by atoms with E-state index in [0.29, 0.717) is 13.1 Å². The summed E-state index contributed by atoms with van der Waals surface area (Å²) in [5, 5.41) is 9.00. The molecule has 1 aliphatic heterocycles. The molecular formula is C11H19F2N3. The van der Waals surface area contributed by atoms with Gasteiger partial charge in [0.1, 0.15) is 0 Å². The lowest BCUT2D eigenvalue weighted by atomic mass is 10.1. The third-order valence-electron chi connectivity index (χ3n) is 2.96. The summed E-state index contributed by atoms with van der Waals surface area (Å²) in [4.78, 5) is 3.87. The molecule has 1 atom stereocenters. The molecule has 0 aliphatic carbocycles. The molecule has 0 bridgehead atoms. The highest BCUT2D eigenvalue weighted by molar-refractivity contribution is 4.93. The molecule has 1 unspecified atom stereocenters. The van der Waals surface area contributed by atoms with Crippen molar-refractivity contribution < 1.29 is 8.78 Å². The molecule has 1 fully saturated rings. The zero-order chi connectivity index (χ0) is 12.0. The van der Waals surface area contributed by atoms with E-state index in [1.165, 1.54) is 0 Å². The molecule has 5 heteroatoms. The molecule has 1 rings (SSSR count). The zero-order valence-electron chi connectivity index (χ0n) is 9.70. The van der Waals surface area contributed by atoms with E-state index in [2.05, 4.69) is 17.9 Å². The number of alkyl halides is 2. The SMILES string of the molecule is CCCC(C#N)N1CCN(CC(F)F)CC1. The average Bonchev–Trinajstić information content (AvgIpc) is 2.26. The van der Waals surface area contributed by atoms with Crippen LogP contribution in [0.2, 0.25) is 0 Å². The second-order valence-electron chi connectivity index (χ2n) is 4.16. The predicted octanol–water partition coefficient (Wildman–Crippen LogP) is 1.56. The molecule has 1 heterocycles. The summed E-state index contributed by atoms with van der Waals surface area (Å²) in [6.07, 6.45) is -0.408. The van der Waals surface area contributed by atoms with Gasteiger partial charge in [-0.05, 0) is 6.42 Å². The predicted molar refractivity (Wildman–Crippen MR) is 58.3 cm³/mol. The Morgan fingerprint density at radius 3 is 2.31 bits per heavy atom. The first-order valence-corrected chi connectivity index (χ1v) is 5.81. The van der Waals surface area contributed by atoms with Gasteiger partial charge in [-0.25, -0.2) is 8.78 Å². The van der Waals surface area contributed by atoms with E-state index in [0.717, 1.165) is 25.9 Å². The van der Waals surface area contributed by atoms with Crippen molar-refractivity contribution in [3.05, 3.63) is 0 Å². The van der Waals surface area contributed by atoms with E-state index in [-0.39, 0.29) is 12.6 Å². The summed E-state index contributed by atoms with van der Waals surface area (Å²) in [6.45, 7) is 4.66. The van der Waals surface area contributed by atoms with E-state index in [4.69, 9.17) is 5.26 Å². The van der Waals surface area contributed by atoms with E-state index in [9.17, 15) is 8.78 Å². The van der Waals surface area contributed by atoms with Crippen LogP contribution in [0.5, 0.6) is 0 Å². The van der Waals surface area contributed by atoms with Crippen LogP contribution in [0, 0.1) is 11.3 Å². The van der Waals surface area contributed by atoms with Crippen LogP contribution in [0.15, 0.2) is 0 Å². The highest BCUT2D eigenvalue weighted by atomic mass is 19.3. The van der Waals surface area contributed by atoms with E-state index < -0.39 is 6.43 Å². The molecule has 3 nitrogen and oxygen atoms in total. The van der Waals surface area contributed by atoms with Crippen molar-refractivity contribution in [2.24, 2.45) is 0 Å². The van der Waals surface area contributed by atoms with Crippen LogP contribution in [-0.4, -0.2) is 55.0 Å². The molecular weight excluding hydrogens is 212 g/mol. The molecule has 0 aromatic carbocycles. The average molecular weight is 231 g/mol. The second kappa shape index (κ2) is 6.77. The quantitative estimate of drug-likeness (QED) is 0.719. The standard InChI is InChI=1S/C11H19F2N3/c1-2-3-10(8-14)16-6-4-15(5-7-16)9-11(12)13/h10-11H,2-7,9H2,1H3. The number of piperazine rings is 1. The van der Waals surface area contributed by atoms with Gasteiger partial charge >= 0.3 is 0 Å². The van der Waals surface area contributed by atoms with Crippen molar-refractivity contribution in [1.29, 1.82) is 5.26 Å². The summed E-state index contributed by atoms with van der Waals surface area (Å²) < 4.78 is 24.3. The zero-order valence-corrected chi connectivity index (χ0v) is 9.70. The van der Waals surface area contributed by atoms with Crippen LogP contribution in [0.25, 0.3) is 0 Å². The van der Waals surface area contributed by atoms with Gasteiger partial charge in [0.2, 0.25) is 0 Å². The minimum absolute atomic E-state index is 0.0429. The fourth-order valence-corrected chi connectivity index (χ4v) is 2.05. The molecule has 1 aliphatic rings. The monoisotopic (exact) mass is 231 g/mol. The van der Waals surface area contributed by atoms with Crippen molar-refractivity contribution in [2.75, 3.05) is 32.7 Å². The van der Waals surface area contributed by atoms with Gasteiger partial charge in [0.25, 0.3) is 6.43 Å². The third kappa shape index (κ3) is 4.03. The molecule has 0 aromatic heterocycles. The van der Waals surface area contributed by atoms with Crippen LogP contribution in [-0.2, 0) is 0 Å². The van der Waals surface area contributed by atoms with E-state index in [1.54, 1.807) is 4.90 Å². The lowest BCUT2D eigenvalue weighted by Gasteiger charge is -2.36. The Labute approximate surface area is 95.6 Å². The molecule has 0 spiro atoms. The summed E-state index contributed by atoms with van der Waals surface area (Å²) in [5.74, 6) is 0. The molecule has 0 radical (unpaired) electrons. The number of nitriles is 1. The Hall–Kier alpha value is -0.730. The minimum atomic E-state index is -2.26. The Bertz CT molecular complexity index is 232. The highest BCUT2D eigenvalue weighted by Gasteiger charge is 2.24. The summed E-state index contributed by atoms with van der Waals surface area (Å²) in [7, 11) is 0. The number of nitrogens with zero attached hydrogens (tertiary/aromatic N) is 3. The summed E-state index contributed by atoms with van der Waals surface area (Å²) in [6, 6.07) is 2.24. The lowest BCUT2D eigenvalue weighted by Crippen LogP contribution is -2.50. The molecule has 16 heavy (non-hydrogen) atoms. The molecule has 1 saturated heterocycles. The Morgan fingerprint density at radius 1 is 1.25 bits per heavy atom. The van der Waals surface area contributed by atoms with Crippen LogP contribution in [0.1, 0.15) is 19.8 Å². The van der Waals surface area contributed by atoms with Crippen molar-refractivity contribution >= 4 is 0 Å². The van der Waals surface area contributed by atoms with Gasteiger partial charge in [0, 0.05) is 26.2 Å². The van der Waals surface area contributed by atoms with Crippen molar-refractivity contribution in [3.63, 3.8) is 0 Å². The molecule has 0 N–H and O–H groups in total. The number of halogens is 2. The smallest absolute Gasteiger partial charge is 0.251 e. The fraction of sp³-hybridized carbons (Fsp3) is 0.909. The second-order valence-corrected chi connectivity index (χ2v) is 4.16. The van der Waals surface area contributed by atoms with Crippen molar-refractivity contribution in [3.8, 4) is 6.07 Å². The van der Waals surface area contributed by atoms with Gasteiger partial charge in [-0.15, -0.1) is 0 Å². The third-order valence-corrected chi connectivity index (χ3v) is 2.96. The first kappa shape index (κ1) is 13.3. The van der Waals surface area contributed by atoms with E-state index in [1.807, 2.05) is 0 Å². The normalized spacial score (nSPS) is 20.9. The molecule has 92 valence electrons. The number of hydrogen-bond donors (Lipinski definition) is 0. The number of hydrogen-bond acceptors (Lipinski definition) is 3. The molecule has 0 saturated carbocycles. The summed E-state index contributed by atoms with van der Waals surface area (Å²) in [5.41, 5.74) is 0. The van der Waals surface area contributed by atoms with Crippen molar-refractivity contribution in [2.45, 2.75) is 32.2 Å². The Kier molecular flexibility index (Phi) is 5.64. The maximum atomic E-state index is 12.2. The Balaban J connectivity index is 2.33.